The summed E-state index contributed by atoms with van der Waals surface area (Å²) in [4.78, 5) is 6.97. The van der Waals surface area contributed by atoms with Crippen LogP contribution in [0.25, 0.3) is 0 Å². The number of rotatable bonds is 5. The summed E-state index contributed by atoms with van der Waals surface area (Å²) >= 11 is 0. The second-order valence-corrected chi connectivity index (χ2v) is 6.21. The van der Waals surface area contributed by atoms with Gasteiger partial charge in [0.25, 0.3) is 0 Å². The van der Waals surface area contributed by atoms with Crippen LogP contribution in [0, 0.1) is 12.3 Å². The Morgan fingerprint density at radius 1 is 1.26 bits per heavy atom. The average Bonchev–Trinajstić information content (AvgIpc) is 2.39. The minimum atomic E-state index is 0.344. The first kappa shape index (κ1) is 14.5. The van der Waals surface area contributed by atoms with E-state index in [1.807, 2.05) is 13.0 Å². The average molecular weight is 261 g/mol. The Morgan fingerprint density at radius 2 is 2.00 bits per heavy atom. The highest BCUT2D eigenvalue weighted by Gasteiger charge is 2.31. The van der Waals surface area contributed by atoms with E-state index >= 15 is 0 Å². The van der Waals surface area contributed by atoms with Gasteiger partial charge in [-0.1, -0.05) is 25.3 Å². The van der Waals surface area contributed by atoms with Gasteiger partial charge >= 0.3 is 0 Å². The Labute approximate surface area is 117 Å². The molecule has 1 aromatic heterocycles. The summed E-state index contributed by atoms with van der Waals surface area (Å²) < 4.78 is 0. The second kappa shape index (κ2) is 6.49. The van der Waals surface area contributed by atoms with E-state index < -0.39 is 0 Å². The summed E-state index contributed by atoms with van der Waals surface area (Å²) in [6.07, 6.45) is 6.64. The minimum Gasteiger partial charge on any atom is -0.330 e. The summed E-state index contributed by atoms with van der Waals surface area (Å²) in [6.45, 7) is 4.88. The molecule has 1 aromatic rings. The maximum atomic E-state index is 6.06. The molecule has 1 saturated carbocycles. The van der Waals surface area contributed by atoms with Crippen molar-refractivity contribution < 1.29 is 0 Å². The van der Waals surface area contributed by atoms with E-state index in [-0.39, 0.29) is 0 Å². The Morgan fingerprint density at radius 3 is 2.63 bits per heavy atom. The second-order valence-electron chi connectivity index (χ2n) is 6.21. The van der Waals surface area contributed by atoms with Crippen molar-refractivity contribution in [1.29, 1.82) is 0 Å². The van der Waals surface area contributed by atoms with Crippen LogP contribution < -0.4 is 5.73 Å². The van der Waals surface area contributed by atoms with Crippen LogP contribution in [0.4, 0.5) is 0 Å². The highest BCUT2D eigenvalue weighted by atomic mass is 15.1. The van der Waals surface area contributed by atoms with E-state index in [9.17, 15) is 0 Å². The predicted octanol–water partition coefficient (Wildman–Crippen LogP) is 2.73. The van der Waals surface area contributed by atoms with Gasteiger partial charge in [0, 0.05) is 18.8 Å². The lowest BCUT2D eigenvalue weighted by Gasteiger charge is -2.39. The molecular weight excluding hydrogens is 234 g/mol. The maximum absolute atomic E-state index is 6.06. The fourth-order valence-electron chi connectivity index (χ4n) is 3.32. The summed E-state index contributed by atoms with van der Waals surface area (Å²) in [6, 6.07) is 6.25. The van der Waals surface area contributed by atoms with Crippen LogP contribution in [0.5, 0.6) is 0 Å². The molecular formula is C16H27N3. The Bertz CT molecular complexity index is 397. The highest BCUT2D eigenvalue weighted by Crippen LogP contribution is 2.36. The van der Waals surface area contributed by atoms with Crippen LogP contribution in [-0.4, -0.2) is 30.0 Å². The standard InChI is InChI=1S/C16H27N3/c1-14-7-6-8-15(18-14)11-19(2)13-16(12-17)9-4-3-5-10-16/h6-8H,3-5,9-13,17H2,1-2H3. The quantitative estimate of drug-likeness (QED) is 0.886. The fraction of sp³-hybridized carbons (Fsp3) is 0.688. The van der Waals surface area contributed by atoms with Gasteiger partial charge in [0.1, 0.15) is 0 Å². The lowest BCUT2D eigenvalue weighted by Crippen LogP contribution is -2.42. The molecule has 1 heterocycles. The Kier molecular flexibility index (Phi) is 4.94. The molecule has 2 rings (SSSR count). The lowest BCUT2D eigenvalue weighted by atomic mass is 9.74. The van der Waals surface area contributed by atoms with Crippen LogP contribution in [0.2, 0.25) is 0 Å². The number of nitrogens with zero attached hydrogens (tertiary/aromatic N) is 2. The summed E-state index contributed by atoms with van der Waals surface area (Å²) in [5, 5.41) is 0. The first-order valence-electron chi connectivity index (χ1n) is 7.45. The summed E-state index contributed by atoms with van der Waals surface area (Å²) in [5.74, 6) is 0. The zero-order chi connectivity index (χ0) is 13.7. The molecule has 1 aliphatic carbocycles. The van der Waals surface area contributed by atoms with Gasteiger partial charge in [-0.05, 0) is 50.9 Å². The number of hydrogen-bond acceptors (Lipinski definition) is 3. The third-order valence-electron chi connectivity index (χ3n) is 4.33. The van der Waals surface area contributed by atoms with Crippen molar-refractivity contribution in [3.05, 3.63) is 29.6 Å². The van der Waals surface area contributed by atoms with E-state index in [0.717, 1.165) is 31.0 Å². The van der Waals surface area contributed by atoms with Crippen LogP contribution in [-0.2, 0) is 6.54 Å². The summed E-state index contributed by atoms with van der Waals surface area (Å²) in [7, 11) is 2.19. The zero-order valence-corrected chi connectivity index (χ0v) is 12.4. The minimum absolute atomic E-state index is 0.344. The lowest BCUT2D eigenvalue weighted by molar-refractivity contribution is 0.123. The molecule has 0 unspecified atom stereocenters. The van der Waals surface area contributed by atoms with E-state index in [1.54, 1.807) is 0 Å². The van der Waals surface area contributed by atoms with E-state index in [0.29, 0.717) is 5.41 Å². The molecule has 19 heavy (non-hydrogen) atoms. The van der Waals surface area contributed by atoms with Gasteiger partial charge in [0.15, 0.2) is 0 Å². The fourth-order valence-corrected chi connectivity index (χ4v) is 3.32. The molecule has 3 nitrogen and oxygen atoms in total. The molecule has 2 N–H and O–H groups in total. The molecule has 0 radical (unpaired) electrons. The highest BCUT2D eigenvalue weighted by molar-refractivity contribution is 5.09. The largest absolute Gasteiger partial charge is 0.330 e. The Balaban J connectivity index is 1.94. The first-order valence-corrected chi connectivity index (χ1v) is 7.45. The van der Waals surface area contributed by atoms with Gasteiger partial charge in [0.05, 0.1) is 5.69 Å². The van der Waals surface area contributed by atoms with Gasteiger partial charge in [-0.25, -0.2) is 0 Å². The molecule has 3 heteroatoms. The number of hydrogen-bond donors (Lipinski definition) is 1. The predicted molar refractivity (Wildman–Crippen MR) is 79.9 cm³/mol. The van der Waals surface area contributed by atoms with Crippen molar-refractivity contribution in [2.45, 2.75) is 45.6 Å². The van der Waals surface area contributed by atoms with Gasteiger partial charge in [-0.2, -0.15) is 0 Å². The van der Waals surface area contributed by atoms with Gasteiger partial charge in [0.2, 0.25) is 0 Å². The number of aromatic nitrogens is 1. The molecule has 0 spiro atoms. The van der Waals surface area contributed by atoms with Gasteiger partial charge in [-0.15, -0.1) is 0 Å². The van der Waals surface area contributed by atoms with Crippen LogP contribution in [0.1, 0.15) is 43.5 Å². The monoisotopic (exact) mass is 261 g/mol. The van der Waals surface area contributed by atoms with E-state index in [1.165, 1.54) is 32.1 Å². The molecule has 1 fully saturated rings. The first-order chi connectivity index (χ1) is 9.13. The van der Waals surface area contributed by atoms with Crippen molar-refractivity contribution in [2.24, 2.45) is 11.1 Å². The molecule has 0 aliphatic heterocycles. The van der Waals surface area contributed by atoms with E-state index in [4.69, 9.17) is 5.73 Å². The van der Waals surface area contributed by atoms with Crippen molar-refractivity contribution in [1.82, 2.24) is 9.88 Å². The number of aryl methyl sites for hydroxylation is 1. The molecule has 0 bridgehead atoms. The maximum Gasteiger partial charge on any atom is 0.0547 e. The third-order valence-corrected chi connectivity index (χ3v) is 4.33. The van der Waals surface area contributed by atoms with Crippen molar-refractivity contribution >= 4 is 0 Å². The molecule has 1 aliphatic rings. The van der Waals surface area contributed by atoms with Crippen molar-refractivity contribution in [2.75, 3.05) is 20.1 Å². The molecule has 0 atom stereocenters. The summed E-state index contributed by atoms with van der Waals surface area (Å²) in [5.41, 5.74) is 8.66. The Hall–Kier alpha value is -0.930. The molecule has 0 saturated heterocycles. The van der Waals surface area contributed by atoms with E-state index in [2.05, 4.69) is 29.1 Å². The SMILES string of the molecule is Cc1cccc(CN(C)CC2(CN)CCCCC2)n1. The van der Waals surface area contributed by atoms with Gasteiger partial charge < -0.3 is 5.73 Å². The number of nitrogens with two attached hydrogens (primary N) is 1. The topological polar surface area (TPSA) is 42.1 Å². The molecule has 0 amide bonds. The van der Waals surface area contributed by atoms with Crippen LogP contribution in [0.15, 0.2) is 18.2 Å². The van der Waals surface area contributed by atoms with Crippen molar-refractivity contribution in [3.8, 4) is 0 Å². The zero-order valence-electron chi connectivity index (χ0n) is 12.4. The molecule has 0 aromatic carbocycles. The third kappa shape index (κ3) is 4.02. The smallest absolute Gasteiger partial charge is 0.0547 e. The molecule has 106 valence electrons. The normalized spacial score (nSPS) is 18.7. The van der Waals surface area contributed by atoms with Crippen LogP contribution >= 0.6 is 0 Å². The van der Waals surface area contributed by atoms with Crippen LogP contribution in [0.3, 0.4) is 0 Å². The van der Waals surface area contributed by atoms with Gasteiger partial charge in [-0.3, -0.25) is 9.88 Å². The number of pyridine rings is 1. The van der Waals surface area contributed by atoms with Crippen molar-refractivity contribution in [3.63, 3.8) is 0 Å².